The minimum Gasteiger partial charge on any atom is -0.331 e. The van der Waals surface area contributed by atoms with Crippen molar-refractivity contribution in [1.29, 1.82) is 0 Å². The second kappa shape index (κ2) is 8.70. The molecule has 0 bridgehead atoms. The summed E-state index contributed by atoms with van der Waals surface area (Å²) in [6, 6.07) is 9.72. The van der Waals surface area contributed by atoms with Crippen LogP contribution in [0.15, 0.2) is 36.5 Å². The van der Waals surface area contributed by atoms with Crippen molar-refractivity contribution in [2.45, 2.75) is 57.2 Å². The topological polar surface area (TPSA) is 64.2 Å². The van der Waals surface area contributed by atoms with Gasteiger partial charge in [-0.1, -0.05) is 62.4 Å². The number of carbonyl (C=O) groups is 1. The number of hydrogen-bond acceptors (Lipinski definition) is 4. The van der Waals surface area contributed by atoms with Crippen molar-refractivity contribution in [3.63, 3.8) is 0 Å². The van der Waals surface area contributed by atoms with Crippen LogP contribution in [-0.2, 0) is 11.3 Å². The van der Waals surface area contributed by atoms with Crippen LogP contribution in [0.1, 0.15) is 50.4 Å². The maximum absolute atomic E-state index is 13.0. The summed E-state index contributed by atoms with van der Waals surface area (Å²) in [6.07, 6.45) is 9.56. The maximum atomic E-state index is 13.0. The highest BCUT2D eigenvalue weighted by atomic mass is 32.1. The summed E-state index contributed by atoms with van der Waals surface area (Å²) < 4.78 is 2.24. The molecular weight excluding hydrogens is 368 g/mol. The number of imidazole rings is 1. The molecule has 1 aromatic carbocycles. The first kappa shape index (κ1) is 19.5. The lowest BCUT2D eigenvalue weighted by Crippen LogP contribution is -2.50. The van der Waals surface area contributed by atoms with E-state index in [0.29, 0.717) is 18.2 Å². The van der Waals surface area contributed by atoms with E-state index in [2.05, 4.69) is 35.5 Å². The van der Waals surface area contributed by atoms with E-state index in [-0.39, 0.29) is 11.9 Å². The minimum atomic E-state index is -0.549. The molecule has 6 heteroatoms. The van der Waals surface area contributed by atoms with Gasteiger partial charge in [0.25, 0.3) is 0 Å². The first-order chi connectivity index (χ1) is 13.7. The summed E-state index contributed by atoms with van der Waals surface area (Å²) in [7, 11) is 0. The predicted molar refractivity (Wildman–Crippen MR) is 115 cm³/mol. The molecule has 2 atom stereocenters. The van der Waals surface area contributed by atoms with Gasteiger partial charge in [0.2, 0.25) is 5.91 Å². The van der Waals surface area contributed by atoms with Crippen LogP contribution in [0, 0.1) is 5.92 Å². The molecule has 150 valence electrons. The SMILES string of the molecule is NC(CS)C(=O)N1CCn2cc(-c3ccccc3)nc2C1CC1CCCCC1. The molecule has 1 aliphatic heterocycles. The van der Waals surface area contributed by atoms with E-state index < -0.39 is 6.04 Å². The monoisotopic (exact) mass is 398 g/mol. The lowest BCUT2D eigenvalue weighted by Gasteiger charge is -2.39. The summed E-state index contributed by atoms with van der Waals surface area (Å²) in [5.41, 5.74) is 8.16. The van der Waals surface area contributed by atoms with Crippen LogP contribution in [0.25, 0.3) is 11.3 Å². The molecule has 4 rings (SSSR count). The molecule has 1 fully saturated rings. The zero-order valence-corrected chi connectivity index (χ0v) is 17.2. The van der Waals surface area contributed by atoms with Gasteiger partial charge in [0, 0.05) is 30.6 Å². The zero-order chi connectivity index (χ0) is 19.5. The highest BCUT2D eigenvalue weighted by Gasteiger charge is 2.36. The van der Waals surface area contributed by atoms with Crippen molar-refractivity contribution in [2.24, 2.45) is 11.7 Å². The molecule has 1 saturated carbocycles. The zero-order valence-electron chi connectivity index (χ0n) is 16.3. The summed E-state index contributed by atoms with van der Waals surface area (Å²) in [6.45, 7) is 1.46. The second-order valence-electron chi connectivity index (χ2n) is 8.12. The van der Waals surface area contributed by atoms with Gasteiger partial charge in [-0.15, -0.1) is 0 Å². The Balaban J connectivity index is 1.66. The largest absolute Gasteiger partial charge is 0.331 e. The molecule has 2 unspecified atom stereocenters. The lowest BCUT2D eigenvalue weighted by atomic mass is 9.84. The van der Waals surface area contributed by atoms with Crippen molar-refractivity contribution in [1.82, 2.24) is 14.5 Å². The third-order valence-corrected chi connectivity index (χ3v) is 6.60. The molecule has 28 heavy (non-hydrogen) atoms. The second-order valence-corrected chi connectivity index (χ2v) is 8.49. The van der Waals surface area contributed by atoms with Crippen molar-refractivity contribution in [3.8, 4) is 11.3 Å². The van der Waals surface area contributed by atoms with E-state index in [1.807, 2.05) is 23.1 Å². The van der Waals surface area contributed by atoms with Gasteiger partial charge >= 0.3 is 0 Å². The molecular formula is C22H30N4OS. The van der Waals surface area contributed by atoms with Gasteiger partial charge < -0.3 is 15.2 Å². The van der Waals surface area contributed by atoms with Crippen LogP contribution in [0.2, 0.25) is 0 Å². The van der Waals surface area contributed by atoms with E-state index in [0.717, 1.165) is 30.0 Å². The van der Waals surface area contributed by atoms with Crippen molar-refractivity contribution in [3.05, 3.63) is 42.4 Å². The maximum Gasteiger partial charge on any atom is 0.241 e. The summed E-state index contributed by atoms with van der Waals surface area (Å²) >= 11 is 4.25. The predicted octanol–water partition coefficient (Wildman–Crippen LogP) is 3.66. The van der Waals surface area contributed by atoms with Gasteiger partial charge in [0.15, 0.2) is 0 Å². The van der Waals surface area contributed by atoms with E-state index in [1.54, 1.807) is 0 Å². The highest BCUT2D eigenvalue weighted by molar-refractivity contribution is 7.80. The first-order valence-electron chi connectivity index (χ1n) is 10.5. The van der Waals surface area contributed by atoms with Crippen molar-refractivity contribution < 1.29 is 4.79 Å². The molecule has 2 aliphatic rings. The normalized spacial score (nSPS) is 21.4. The Morgan fingerprint density at radius 3 is 2.64 bits per heavy atom. The number of carbonyl (C=O) groups excluding carboxylic acids is 1. The summed E-state index contributed by atoms with van der Waals surface area (Å²) in [5.74, 6) is 2.04. The van der Waals surface area contributed by atoms with Gasteiger partial charge in [0.1, 0.15) is 5.82 Å². The standard InChI is InChI=1S/C22H30N4OS/c23-18(15-28)22(27)26-12-11-25-14-19(17-9-5-2-6-10-17)24-21(25)20(26)13-16-7-3-1-4-8-16/h2,5-6,9-10,14,16,18,20,28H,1,3-4,7-8,11-13,15,23H2. The number of hydrogen-bond donors (Lipinski definition) is 2. The number of nitrogens with zero attached hydrogens (tertiary/aromatic N) is 3. The molecule has 0 radical (unpaired) electrons. The van der Waals surface area contributed by atoms with Crippen LogP contribution in [0.5, 0.6) is 0 Å². The Morgan fingerprint density at radius 2 is 1.93 bits per heavy atom. The number of rotatable bonds is 5. The third kappa shape index (κ3) is 3.98. The quantitative estimate of drug-likeness (QED) is 0.756. The average molecular weight is 399 g/mol. The van der Waals surface area contributed by atoms with E-state index in [4.69, 9.17) is 10.7 Å². The molecule has 1 aliphatic carbocycles. The molecule has 0 spiro atoms. The first-order valence-corrected chi connectivity index (χ1v) is 11.1. The van der Waals surface area contributed by atoms with Gasteiger partial charge in [0.05, 0.1) is 17.8 Å². The fourth-order valence-corrected chi connectivity index (χ4v) is 4.82. The van der Waals surface area contributed by atoms with Gasteiger partial charge in [-0.05, 0) is 12.3 Å². The molecule has 2 aromatic rings. The Labute approximate surface area is 172 Å². The number of fused-ring (bicyclic) bond motifs is 1. The van der Waals surface area contributed by atoms with Crippen LogP contribution in [0.4, 0.5) is 0 Å². The van der Waals surface area contributed by atoms with Gasteiger partial charge in [-0.3, -0.25) is 4.79 Å². The number of benzene rings is 1. The van der Waals surface area contributed by atoms with Crippen molar-refractivity contribution in [2.75, 3.05) is 12.3 Å². The fraction of sp³-hybridized carbons (Fsp3) is 0.545. The smallest absolute Gasteiger partial charge is 0.241 e. The Hall–Kier alpha value is -1.79. The highest BCUT2D eigenvalue weighted by Crippen LogP contribution is 2.37. The van der Waals surface area contributed by atoms with E-state index in [1.165, 1.54) is 32.1 Å². The Bertz CT molecular complexity index is 800. The summed E-state index contributed by atoms with van der Waals surface area (Å²) in [4.78, 5) is 20.0. The lowest BCUT2D eigenvalue weighted by molar-refractivity contribution is -0.136. The minimum absolute atomic E-state index is 0.00585. The van der Waals surface area contributed by atoms with Crippen LogP contribution in [0.3, 0.4) is 0 Å². The summed E-state index contributed by atoms with van der Waals surface area (Å²) in [5, 5.41) is 0. The third-order valence-electron chi connectivity index (χ3n) is 6.21. The van der Waals surface area contributed by atoms with Crippen molar-refractivity contribution >= 4 is 18.5 Å². The number of nitrogens with two attached hydrogens (primary N) is 1. The average Bonchev–Trinajstić information content (AvgIpc) is 3.19. The molecule has 2 heterocycles. The van der Waals surface area contributed by atoms with Crippen LogP contribution in [-0.4, -0.2) is 38.7 Å². The fourth-order valence-electron chi connectivity index (χ4n) is 4.66. The number of aromatic nitrogens is 2. The molecule has 1 aromatic heterocycles. The van der Waals surface area contributed by atoms with Gasteiger partial charge in [-0.2, -0.15) is 12.6 Å². The molecule has 5 nitrogen and oxygen atoms in total. The van der Waals surface area contributed by atoms with Gasteiger partial charge in [-0.25, -0.2) is 4.98 Å². The molecule has 0 saturated heterocycles. The van der Waals surface area contributed by atoms with Crippen LogP contribution < -0.4 is 5.73 Å². The Morgan fingerprint density at radius 1 is 1.18 bits per heavy atom. The number of amides is 1. The molecule has 1 amide bonds. The molecule has 2 N–H and O–H groups in total. The Kier molecular flexibility index (Phi) is 6.07. The van der Waals surface area contributed by atoms with Crippen LogP contribution >= 0.6 is 12.6 Å². The number of thiol groups is 1. The van der Waals surface area contributed by atoms with E-state index >= 15 is 0 Å². The van der Waals surface area contributed by atoms with E-state index in [9.17, 15) is 4.79 Å².